The molecule has 0 aromatic heterocycles. The predicted molar refractivity (Wildman–Crippen MR) is 90.2 cm³/mol. The molecule has 1 aliphatic carbocycles. The Morgan fingerprint density at radius 1 is 1.17 bits per heavy atom. The summed E-state index contributed by atoms with van der Waals surface area (Å²) in [5.74, 6) is -2.05. The molecule has 2 N–H and O–H groups in total. The molecule has 2 aromatic carbocycles. The van der Waals surface area contributed by atoms with Crippen LogP contribution < -0.4 is 10.6 Å². The van der Waals surface area contributed by atoms with Gasteiger partial charge in [-0.2, -0.15) is 0 Å². The smallest absolute Gasteiger partial charge is 0.313 e. The van der Waals surface area contributed by atoms with Crippen molar-refractivity contribution < 1.29 is 14.0 Å². The zero-order chi connectivity index (χ0) is 17.3. The maximum Gasteiger partial charge on any atom is 0.313 e. The minimum atomic E-state index is -0.840. The summed E-state index contributed by atoms with van der Waals surface area (Å²) in [6.45, 7) is 2.03. The number of fused-ring (bicyclic) bond motifs is 1. The normalized spacial score (nSPS) is 18.8. The van der Waals surface area contributed by atoms with E-state index in [1.165, 1.54) is 17.7 Å². The molecule has 24 heavy (non-hydrogen) atoms. The molecule has 0 spiro atoms. The number of benzene rings is 2. The Morgan fingerprint density at radius 3 is 2.67 bits per heavy atom. The summed E-state index contributed by atoms with van der Waals surface area (Å²) in [7, 11) is 0. The number of hydrogen-bond donors (Lipinski definition) is 2. The molecule has 0 unspecified atom stereocenters. The third-order valence-electron chi connectivity index (χ3n) is 4.17. The van der Waals surface area contributed by atoms with Gasteiger partial charge in [0.15, 0.2) is 0 Å². The van der Waals surface area contributed by atoms with E-state index in [2.05, 4.69) is 10.6 Å². The van der Waals surface area contributed by atoms with Crippen molar-refractivity contribution in [2.24, 2.45) is 5.92 Å². The molecular formula is C18H16ClFN2O2. The van der Waals surface area contributed by atoms with Gasteiger partial charge in [-0.05, 0) is 41.7 Å². The van der Waals surface area contributed by atoms with Crippen LogP contribution in [0.3, 0.4) is 0 Å². The molecule has 0 aliphatic heterocycles. The van der Waals surface area contributed by atoms with Gasteiger partial charge in [0.1, 0.15) is 5.82 Å². The molecule has 2 aromatic rings. The molecule has 3 rings (SSSR count). The van der Waals surface area contributed by atoms with Gasteiger partial charge in [-0.25, -0.2) is 4.39 Å². The maximum atomic E-state index is 13.4. The quantitative estimate of drug-likeness (QED) is 0.818. The monoisotopic (exact) mass is 346 g/mol. The predicted octanol–water partition coefficient (Wildman–Crippen LogP) is 3.47. The van der Waals surface area contributed by atoms with Gasteiger partial charge in [0, 0.05) is 5.69 Å². The Morgan fingerprint density at radius 2 is 1.92 bits per heavy atom. The molecule has 0 radical (unpaired) electrons. The van der Waals surface area contributed by atoms with E-state index in [4.69, 9.17) is 11.6 Å². The molecule has 0 fully saturated rings. The van der Waals surface area contributed by atoms with Gasteiger partial charge >= 0.3 is 11.8 Å². The highest BCUT2D eigenvalue weighted by Gasteiger charge is 2.31. The second kappa shape index (κ2) is 6.61. The topological polar surface area (TPSA) is 58.2 Å². The summed E-state index contributed by atoms with van der Waals surface area (Å²) in [5, 5.41) is 5.09. The van der Waals surface area contributed by atoms with Gasteiger partial charge in [0.2, 0.25) is 0 Å². The summed E-state index contributed by atoms with van der Waals surface area (Å²) in [6, 6.07) is 11.5. The van der Waals surface area contributed by atoms with Gasteiger partial charge in [0.25, 0.3) is 0 Å². The number of carbonyl (C=O) groups is 2. The lowest BCUT2D eigenvalue weighted by Gasteiger charge is -2.18. The van der Waals surface area contributed by atoms with Crippen LogP contribution in [0.15, 0.2) is 42.5 Å². The van der Waals surface area contributed by atoms with Crippen LogP contribution in [0, 0.1) is 11.7 Å². The van der Waals surface area contributed by atoms with E-state index in [1.54, 1.807) is 0 Å². The van der Waals surface area contributed by atoms with E-state index in [-0.39, 0.29) is 22.7 Å². The largest absolute Gasteiger partial charge is 0.341 e. The second-order valence-electron chi connectivity index (χ2n) is 5.91. The minimum absolute atomic E-state index is 0.0474. The first-order valence-electron chi connectivity index (χ1n) is 7.60. The van der Waals surface area contributed by atoms with Crippen LogP contribution in [0.2, 0.25) is 5.02 Å². The Balaban J connectivity index is 1.68. The summed E-state index contributed by atoms with van der Waals surface area (Å²) < 4.78 is 13.4. The first-order chi connectivity index (χ1) is 11.5. The van der Waals surface area contributed by atoms with Crippen molar-refractivity contribution in [2.45, 2.75) is 19.4 Å². The minimum Gasteiger partial charge on any atom is -0.341 e. The number of carbonyl (C=O) groups excluding carboxylic acids is 2. The number of amides is 2. The van der Waals surface area contributed by atoms with Crippen molar-refractivity contribution in [1.29, 1.82) is 0 Å². The van der Waals surface area contributed by atoms with Gasteiger partial charge in [-0.3, -0.25) is 9.59 Å². The molecule has 2 amide bonds. The summed E-state index contributed by atoms with van der Waals surface area (Å²) in [6.07, 6.45) is 0.852. The molecule has 1 aliphatic rings. The molecule has 124 valence electrons. The van der Waals surface area contributed by atoms with Crippen LogP contribution in [0.1, 0.15) is 24.1 Å². The van der Waals surface area contributed by atoms with Crippen molar-refractivity contribution in [3.8, 4) is 0 Å². The number of nitrogens with one attached hydrogen (secondary N) is 2. The van der Waals surface area contributed by atoms with Crippen molar-refractivity contribution in [3.05, 3.63) is 64.4 Å². The van der Waals surface area contributed by atoms with Crippen molar-refractivity contribution in [2.75, 3.05) is 5.32 Å². The first kappa shape index (κ1) is 16.5. The highest BCUT2D eigenvalue weighted by atomic mass is 35.5. The van der Waals surface area contributed by atoms with Crippen LogP contribution in [0.4, 0.5) is 10.1 Å². The average Bonchev–Trinajstić information content (AvgIpc) is 2.87. The van der Waals surface area contributed by atoms with Gasteiger partial charge in [-0.1, -0.05) is 42.8 Å². The van der Waals surface area contributed by atoms with Gasteiger partial charge < -0.3 is 10.6 Å². The number of halogens is 2. The molecule has 6 heteroatoms. The van der Waals surface area contributed by atoms with Crippen LogP contribution >= 0.6 is 11.6 Å². The maximum absolute atomic E-state index is 13.4. The van der Waals surface area contributed by atoms with Gasteiger partial charge in [-0.15, -0.1) is 0 Å². The van der Waals surface area contributed by atoms with Crippen LogP contribution in [-0.4, -0.2) is 11.8 Å². The average molecular weight is 347 g/mol. The molecule has 0 bridgehead atoms. The fraction of sp³-hybridized carbons (Fsp3) is 0.222. The van der Waals surface area contributed by atoms with E-state index in [0.717, 1.165) is 18.1 Å². The van der Waals surface area contributed by atoms with Crippen LogP contribution in [0.5, 0.6) is 0 Å². The third kappa shape index (κ3) is 3.26. The number of hydrogen-bond acceptors (Lipinski definition) is 2. The van der Waals surface area contributed by atoms with Crippen molar-refractivity contribution in [3.63, 3.8) is 0 Å². The SMILES string of the molecule is C[C@H]1Cc2ccccc2[C@@H]1NC(=O)C(=O)Nc1ccc(Cl)c(F)c1. The van der Waals surface area contributed by atoms with E-state index in [0.29, 0.717) is 0 Å². The lowest BCUT2D eigenvalue weighted by Crippen LogP contribution is -2.38. The summed E-state index contributed by atoms with van der Waals surface area (Å²) in [4.78, 5) is 24.2. The molecule has 4 nitrogen and oxygen atoms in total. The molecule has 2 atom stereocenters. The number of rotatable bonds is 2. The highest BCUT2D eigenvalue weighted by Crippen LogP contribution is 2.35. The van der Waals surface area contributed by atoms with E-state index >= 15 is 0 Å². The van der Waals surface area contributed by atoms with E-state index < -0.39 is 17.6 Å². The first-order valence-corrected chi connectivity index (χ1v) is 7.98. The van der Waals surface area contributed by atoms with Crippen molar-refractivity contribution in [1.82, 2.24) is 5.32 Å². The fourth-order valence-electron chi connectivity index (χ4n) is 2.98. The highest BCUT2D eigenvalue weighted by molar-refractivity contribution is 6.39. The molecular weight excluding hydrogens is 331 g/mol. The van der Waals surface area contributed by atoms with Gasteiger partial charge in [0.05, 0.1) is 11.1 Å². The Bertz CT molecular complexity index is 809. The van der Waals surface area contributed by atoms with E-state index in [1.807, 2.05) is 31.2 Å². The summed E-state index contributed by atoms with van der Waals surface area (Å²) in [5.41, 5.74) is 2.39. The van der Waals surface area contributed by atoms with Crippen molar-refractivity contribution >= 4 is 29.1 Å². The zero-order valence-electron chi connectivity index (χ0n) is 13.0. The standard InChI is InChI=1S/C18H16ClFN2O2/c1-10-8-11-4-2-3-5-13(11)16(10)22-18(24)17(23)21-12-6-7-14(19)15(20)9-12/h2-7,9-10,16H,8H2,1H3,(H,21,23)(H,22,24)/t10-,16+/m0/s1. The van der Waals surface area contributed by atoms with Crippen LogP contribution in [-0.2, 0) is 16.0 Å². The van der Waals surface area contributed by atoms with Crippen LogP contribution in [0.25, 0.3) is 0 Å². The summed E-state index contributed by atoms with van der Waals surface area (Å²) >= 11 is 5.59. The molecule has 0 heterocycles. The molecule has 0 saturated carbocycles. The Hall–Kier alpha value is -2.40. The third-order valence-corrected chi connectivity index (χ3v) is 4.48. The number of anilines is 1. The fourth-order valence-corrected chi connectivity index (χ4v) is 3.10. The second-order valence-corrected chi connectivity index (χ2v) is 6.32. The Kier molecular flexibility index (Phi) is 4.53. The van der Waals surface area contributed by atoms with E-state index in [9.17, 15) is 14.0 Å². The lowest BCUT2D eigenvalue weighted by molar-refractivity contribution is -0.136. The molecule has 0 saturated heterocycles. The zero-order valence-corrected chi connectivity index (χ0v) is 13.7. The lowest BCUT2D eigenvalue weighted by atomic mass is 10.0. The Labute approximate surface area is 144 Å².